The predicted molar refractivity (Wildman–Crippen MR) is 52.5 cm³/mol. The Labute approximate surface area is 81.5 Å². The lowest BCUT2D eigenvalue weighted by atomic mass is 10.1. The summed E-state index contributed by atoms with van der Waals surface area (Å²) in [5, 5.41) is 3.89. The second kappa shape index (κ2) is 4.99. The Morgan fingerprint density at radius 1 is 1.77 bits per heavy atom. The fourth-order valence-corrected chi connectivity index (χ4v) is 1.73. The van der Waals surface area contributed by atoms with E-state index in [1.165, 1.54) is 0 Å². The first-order chi connectivity index (χ1) is 6.24. The summed E-state index contributed by atoms with van der Waals surface area (Å²) in [6.07, 6.45) is 0.255. The molecule has 0 amide bonds. The Balaban J connectivity index is 2.42. The highest BCUT2D eigenvalue weighted by Gasteiger charge is 2.12. The molecule has 0 saturated heterocycles. The van der Waals surface area contributed by atoms with Crippen molar-refractivity contribution in [1.82, 2.24) is 0 Å². The van der Waals surface area contributed by atoms with Gasteiger partial charge < -0.3 is 10.5 Å². The largest absolute Gasteiger partial charge is 0.466 e. The molecule has 0 bridgehead atoms. The van der Waals surface area contributed by atoms with E-state index in [4.69, 9.17) is 10.5 Å². The molecule has 0 aliphatic carbocycles. The van der Waals surface area contributed by atoms with E-state index >= 15 is 0 Å². The molecule has 1 heterocycles. The molecule has 1 aromatic rings. The first-order valence-corrected chi connectivity index (χ1v) is 5.11. The van der Waals surface area contributed by atoms with Crippen LogP contribution in [0.25, 0.3) is 0 Å². The molecule has 2 N–H and O–H groups in total. The first kappa shape index (κ1) is 10.2. The molecule has 0 saturated carbocycles. The normalized spacial score (nSPS) is 12.5. The Kier molecular flexibility index (Phi) is 3.92. The van der Waals surface area contributed by atoms with Gasteiger partial charge in [-0.2, -0.15) is 11.3 Å². The SMILES string of the molecule is CCOC(=O)C[C@H](N)c1ccsc1. The smallest absolute Gasteiger partial charge is 0.307 e. The molecule has 0 radical (unpaired) electrons. The number of nitrogens with two attached hydrogens (primary N) is 1. The first-order valence-electron chi connectivity index (χ1n) is 4.17. The van der Waals surface area contributed by atoms with E-state index in [0.29, 0.717) is 6.61 Å². The van der Waals surface area contributed by atoms with Crippen molar-refractivity contribution >= 4 is 17.3 Å². The van der Waals surface area contributed by atoms with Gasteiger partial charge in [-0.25, -0.2) is 0 Å². The van der Waals surface area contributed by atoms with Crippen LogP contribution in [-0.2, 0) is 9.53 Å². The number of esters is 1. The van der Waals surface area contributed by atoms with Crippen LogP contribution in [0.4, 0.5) is 0 Å². The molecule has 1 rings (SSSR count). The standard InChI is InChI=1S/C9H13NO2S/c1-2-12-9(11)5-8(10)7-3-4-13-6-7/h3-4,6,8H,2,5,10H2,1H3/t8-/m0/s1. The minimum absolute atomic E-state index is 0.231. The molecule has 0 aromatic carbocycles. The van der Waals surface area contributed by atoms with Gasteiger partial charge in [0.15, 0.2) is 0 Å². The van der Waals surface area contributed by atoms with Crippen molar-refractivity contribution in [2.24, 2.45) is 5.73 Å². The van der Waals surface area contributed by atoms with Crippen molar-refractivity contribution in [2.45, 2.75) is 19.4 Å². The summed E-state index contributed by atoms with van der Waals surface area (Å²) in [6.45, 7) is 2.20. The summed E-state index contributed by atoms with van der Waals surface area (Å²) in [6, 6.07) is 1.69. The molecule has 4 heteroatoms. The Morgan fingerprint density at radius 3 is 3.08 bits per heavy atom. The summed E-state index contributed by atoms with van der Waals surface area (Å²) in [5.74, 6) is -0.235. The number of hydrogen-bond donors (Lipinski definition) is 1. The maximum atomic E-state index is 11.0. The Bertz CT molecular complexity index is 259. The molecule has 0 aliphatic rings. The van der Waals surface area contributed by atoms with E-state index in [-0.39, 0.29) is 18.4 Å². The molecule has 3 nitrogen and oxygen atoms in total. The lowest BCUT2D eigenvalue weighted by molar-refractivity contribution is -0.143. The van der Waals surface area contributed by atoms with Crippen LogP contribution in [0.15, 0.2) is 16.8 Å². The fraction of sp³-hybridized carbons (Fsp3) is 0.444. The van der Waals surface area contributed by atoms with Crippen molar-refractivity contribution in [3.8, 4) is 0 Å². The van der Waals surface area contributed by atoms with Gasteiger partial charge in [-0.1, -0.05) is 0 Å². The van der Waals surface area contributed by atoms with Gasteiger partial charge in [-0.3, -0.25) is 4.79 Å². The van der Waals surface area contributed by atoms with E-state index in [9.17, 15) is 4.79 Å². The number of ether oxygens (including phenoxy) is 1. The van der Waals surface area contributed by atoms with Crippen molar-refractivity contribution < 1.29 is 9.53 Å². The lowest BCUT2D eigenvalue weighted by Crippen LogP contribution is -2.16. The Hall–Kier alpha value is -0.870. The maximum absolute atomic E-state index is 11.0. The van der Waals surface area contributed by atoms with Crippen molar-refractivity contribution in [3.05, 3.63) is 22.4 Å². The Morgan fingerprint density at radius 2 is 2.54 bits per heavy atom. The molecule has 0 spiro atoms. The number of carbonyl (C=O) groups excluding carboxylic acids is 1. The second-order valence-electron chi connectivity index (χ2n) is 2.67. The van der Waals surface area contributed by atoms with Gasteiger partial charge in [0.2, 0.25) is 0 Å². The summed E-state index contributed by atoms with van der Waals surface area (Å²) in [4.78, 5) is 11.0. The summed E-state index contributed by atoms with van der Waals surface area (Å²) < 4.78 is 4.80. The van der Waals surface area contributed by atoms with Crippen LogP contribution in [0.1, 0.15) is 24.9 Å². The van der Waals surface area contributed by atoms with Crippen molar-refractivity contribution in [1.29, 1.82) is 0 Å². The van der Waals surface area contributed by atoms with E-state index < -0.39 is 0 Å². The molecule has 0 fully saturated rings. The zero-order valence-electron chi connectivity index (χ0n) is 7.53. The zero-order chi connectivity index (χ0) is 9.68. The van der Waals surface area contributed by atoms with Crippen LogP contribution in [-0.4, -0.2) is 12.6 Å². The summed E-state index contributed by atoms with van der Waals surface area (Å²) in [5.41, 5.74) is 6.77. The molecule has 1 aromatic heterocycles. The van der Waals surface area contributed by atoms with E-state index in [0.717, 1.165) is 5.56 Å². The van der Waals surface area contributed by atoms with Crippen molar-refractivity contribution in [3.63, 3.8) is 0 Å². The third kappa shape index (κ3) is 3.16. The van der Waals surface area contributed by atoms with Gasteiger partial charge in [0.25, 0.3) is 0 Å². The molecular weight excluding hydrogens is 186 g/mol. The highest BCUT2D eigenvalue weighted by Crippen LogP contribution is 2.17. The number of carbonyl (C=O) groups is 1. The number of rotatable bonds is 4. The highest BCUT2D eigenvalue weighted by molar-refractivity contribution is 7.07. The molecule has 1 atom stereocenters. The minimum atomic E-state index is -0.235. The molecule has 13 heavy (non-hydrogen) atoms. The lowest BCUT2D eigenvalue weighted by Gasteiger charge is -2.08. The molecule has 0 aliphatic heterocycles. The van der Waals surface area contributed by atoms with E-state index in [1.54, 1.807) is 18.3 Å². The third-order valence-corrected chi connectivity index (χ3v) is 2.36. The van der Waals surface area contributed by atoms with Crippen LogP contribution >= 0.6 is 11.3 Å². The van der Waals surface area contributed by atoms with Crippen LogP contribution in [0.3, 0.4) is 0 Å². The summed E-state index contributed by atoms with van der Waals surface area (Å²) >= 11 is 1.58. The van der Waals surface area contributed by atoms with Crippen LogP contribution < -0.4 is 5.73 Å². The van der Waals surface area contributed by atoms with Crippen LogP contribution in [0, 0.1) is 0 Å². The molecule has 0 unspecified atom stereocenters. The highest BCUT2D eigenvalue weighted by atomic mass is 32.1. The van der Waals surface area contributed by atoms with Gasteiger partial charge in [0.1, 0.15) is 0 Å². The zero-order valence-corrected chi connectivity index (χ0v) is 8.34. The van der Waals surface area contributed by atoms with E-state index in [1.807, 2.05) is 16.8 Å². The number of hydrogen-bond acceptors (Lipinski definition) is 4. The topological polar surface area (TPSA) is 52.3 Å². The van der Waals surface area contributed by atoms with Gasteiger partial charge in [0, 0.05) is 6.04 Å². The average Bonchev–Trinajstić information content (AvgIpc) is 2.55. The molecule has 72 valence electrons. The quantitative estimate of drug-likeness (QED) is 0.751. The second-order valence-corrected chi connectivity index (χ2v) is 3.45. The van der Waals surface area contributed by atoms with Gasteiger partial charge in [0.05, 0.1) is 13.0 Å². The van der Waals surface area contributed by atoms with Crippen molar-refractivity contribution in [2.75, 3.05) is 6.61 Å². The fourth-order valence-electron chi connectivity index (χ4n) is 1.00. The predicted octanol–water partition coefficient (Wildman–Crippen LogP) is 1.70. The maximum Gasteiger partial charge on any atom is 0.307 e. The van der Waals surface area contributed by atoms with Gasteiger partial charge in [-0.15, -0.1) is 0 Å². The van der Waals surface area contributed by atoms with Crippen LogP contribution in [0.2, 0.25) is 0 Å². The monoisotopic (exact) mass is 199 g/mol. The molecular formula is C9H13NO2S. The van der Waals surface area contributed by atoms with E-state index in [2.05, 4.69) is 0 Å². The minimum Gasteiger partial charge on any atom is -0.466 e. The number of thiophene rings is 1. The summed E-state index contributed by atoms with van der Waals surface area (Å²) in [7, 11) is 0. The van der Waals surface area contributed by atoms with Gasteiger partial charge in [-0.05, 0) is 29.3 Å². The third-order valence-electron chi connectivity index (χ3n) is 1.66. The van der Waals surface area contributed by atoms with Crippen LogP contribution in [0.5, 0.6) is 0 Å². The average molecular weight is 199 g/mol. The van der Waals surface area contributed by atoms with Gasteiger partial charge >= 0.3 is 5.97 Å².